The monoisotopic (exact) mass is 447 g/mol. The lowest BCUT2D eigenvalue weighted by molar-refractivity contribution is -0.132. The van der Waals surface area contributed by atoms with Crippen molar-refractivity contribution >= 4 is 46.0 Å². The first-order chi connectivity index (χ1) is 15.3. The highest BCUT2D eigenvalue weighted by Gasteiger charge is 2.28. The maximum absolute atomic E-state index is 13.3. The van der Waals surface area contributed by atoms with E-state index in [4.69, 9.17) is 5.11 Å². The SMILES string of the molecule is C/C(=C\c1cccc2c(C(=O)c3sc(C(=O)O)c(-c4ccccc4)c3O)c[nH]c12)C(=O)O. The predicted molar refractivity (Wildman–Crippen MR) is 121 cm³/mol. The van der Waals surface area contributed by atoms with Crippen molar-refractivity contribution in [3.63, 3.8) is 0 Å². The van der Waals surface area contributed by atoms with Crippen LogP contribution in [0.5, 0.6) is 5.75 Å². The summed E-state index contributed by atoms with van der Waals surface area (Å²) in [7, 11) is 0. The summed E-state index contributed by atoms with van der Waals surface area (Å²) in [5.74, 6) is -3.20. The van der Waals surface area contributed by atoms with E-state index in [0.29, 0.717) is 22.0 Å². The molecule has 32 heavy (non-hydrogen) atoms. The van der Waals surface area contributed by atoms with Gasteiger partial charge in [0.15, 0.2) is 0 Å². The number of carbonyl (C=O) groups excluding carboxylic acids is 1. The third-order valence-corrected chi connectivity index (χ3v) is 6.21. The van der Waals surface area contributed by atoms with Gasteiger partial charge >= 0.3 is 11.9 Å². The molecule has 0 amide bonds. The molecule has 4 N–H and O–H groups in total. The van der Waals surface area contributed by atoms with Crippen LogP contribution in [0.1, 0.15) is 37.4 Å². The van der Waals surface area contributed by atoms with Crippen molar-refractivity contribution < 1.29 is 29.7 Å². The van der Waals surface area contributed by atoms with Gasteiger partial charge < -0.3 is 20.3 Å². The summed E-state index contributed by atoms with van der Waals surface area (Å²) in [5.41, 5.74) is 2.13. The van der Waals surface area contributed by atoms with Gasteiger partial charge in [-0.15, -0.1) is 11.3 Å². The fraction of sp³-hybridized carbons (Fsp3) is 0.0417. The van der Waals surface area contributed by atoms with Crippen LogP contribution >= 0.6 is 11.3 Å². The number of H-pyrrole nitrogens is 1. The molecule has 2 aromatic carbocycles. The average molecular weight is 447 g/mol. The van der Waals surface area contributed by atoms with Gasteiger partial charge in [0.05, 0.1) is 5.52 Å². The second-order valence-electron chi connectivity index (χ2n) is 7.09. The van der Waals surface area contributed by atoms with Gasteiger partial charge in [-0.3, -0.25) is 4.79 Å². The van der Waals surface area contributed by atoms with Crippen LogP contribution in [0, 0.1) is 0 Å². The van der Waals surface area contributed by atoms with Gasteiger partial charge in [-0.25, -0.2) is 9.59 Å². The third-order valence-electron chi connectivity index (χ3n) is 5.05. The number of aromatic amines is 1. The lowest BCUT2D eigenvalue weighted by Gasteiger charge is -2.03. The summed E-state index contributed by atoms with van der Waals surface area (Å²) >= 11 is 0.720. The zero-order valence-electron chi connectivity index (χ0n) is 16.7. The molecular formula is C24H17NO6S. The molecular weight excluding hydrogens is 430 g/mol. The number of aromatic carboxylic acids is 1. The number of para-hydroxylation sites is 1. The Hall–Kier alpha value is -4.17. The largest absolute Gasteiger partial charge is 0.506 e. The van der Waals surface area contributed by atoms with Crippen molar-refractivity contribution in [2.45, 2.75) is 6.92 Å². The van der Waals surface area contributed by atoms with Crippen LogP contribution in [0.4, 0.5) is 0 Å². The molecule has 0 bridgehead atoms. The standard InChI is InChI=1S/C24H17NO6S/c1-12(23(28)29)10-14-8-5-9-15-16(11-25-18(14)15)19(26)22-20(27)17(21(32-22)24(30)31)13-6-3-2-4-7-13/h2-11,25,27H,1H3,(H,28,29)(H,30,31)/b12-10+. The smallest absolute Gasteiger partial charge is 0.346 e. The lowest BCUT2D eigenvalue weighted by Crippen LogP contribution is -1.98. The molecule has 0 fully saturated rings. The molecule has 0 saturated heterocycles. The highest BCUT2D eigenvalue weighted by Crippen LogP contribution is 2.43. The second kappa shape index (κ2) is 8.16. The number of ketones is 1. The fourth-order valence-electron chi connectivity index (χ4n) is 3.50. The zero-order valence-corrected chi connectivity index (χ0v) is 17.6. The Labute approximate surface area is 185 Å². The van der Waals surface area contributed by atoms with Crippen LogP contribution in [-0.4, -0.2) is 38.0 Å². The van der Waals surface area contributed by atoms with Gasteiger partial charge in [-0.2, -0.15) is 0 Å². The van der Waals surface area contributed by atoms with Gasteiger partial charge in [-0.05, 0) is 24.1 Å². The minimum absolute atomic E-state index is 0.0789. The van der Waals surface area contributed by atoms with E-state index in [9.17, 15) is 24.6 Å². The van der Waals surface area contributed by atoms with E-state index in [-0.39, 0.29) is 32.2 Å². The molecule has 7 nitrogen and oxygen atoms in total. The minimum Gasteiger partial charge on any atom is -0.506 e. The van der Waals surface area contributed by atoms with E-state index in [1.54, 1.807) is 48.5 Å². The molecule has 0 aliphatic rings. The minimum atomic E-state index is -1.24. The van der Waals surface area contributed by atoms with Gasteiger partial charge in [0.25, 0.3) is 0 Å². The Kier molecular flexibility index (Phi) is 5.38. The predicted octanol–water partition coefficient (Wildman–Crippen LogP) is 5.02. The second-order valence-corrected chi connectivity index (χ2v) is 8.11. The molecule has 0 radical (unpaired) electrons. The molecule has 8 heteroatoms. The normalized spacial score (nSPS) is 11.6. The van der Waals surface area contributed by atoms with E-state index in [2.05, 4.69) is 4.98 Å². The average Bonchev–Trinajstić information content (AvgIpc) is 3.36. The highest BCUT2D eigenvalue weighted by atomic mass is 32.1. The van der Waals surface area contributed by atoms with Gasteiger partial charge in [0.2, 0.25) is 5.78 Å². The Bertz CT molecular complexity index is 1410. The summed E-state index contributed by atoms with van der Waals surface area (Å²) in [5, 5.41) is 30.2. The number of carboxylic acids is 2. The van der Waals surface area contributed by atoms with Crippen molar-refractivity contribution in [2.75, 3.05) is 0 Å². The van der Waals surface area contributed by atoms with Crippen LogP contribution in [0.3, 0.4) is 0 Å². The number of hydrogen-bond acceptors (Lipinski definition) is 5. The van der Waals surface area contributed by atoms with Crippen LogP contribution in [0.25, 0.3) is 28.1 Å². The first kappa shape index (κ1) is 21.1. The van der Waals surface area contributed by atoms with E-state index >= 15 is 0 Å². The third kappa shape index (κ3) is 3.57. The van der Waals surface area contributed by atoms with E-state index < -0.39 is 17.7 Å². The number of carbonyl (C=O) groups is 3. The van der Waals surface area contributed by atoms with Gasteiger partial charge in [-0.1, -0.05) is 48.5 Å². The maximum atomic E-state index is 13.3. The summed E-state index contributed by atoms with van der Waals surface area (Å²) in [6, 6.07) is 13.6. The Morgan fingerprint density at radius 3 is 2.34 bits per heavy atom. The number of benzene rings is 2. The molecule has 0 unspecified atom stereocenters. The zero-order chi connectivity index (χ0) is 23.0. The number of rotatable bonds is 6. The molecule has 0 aliphatic heterocycles. The summed E-state index contributed by atoms with van der Waals surface area (Å²) in [6.45, 7) is 1.47. The van der Waals surface area contributed by atoms with Crippen molar-refractivity contribution in [1.29, 1.82) is 0 Å². The Balaban J connectivity index is 1.85. The first-order valence-corrected chi connectivity index (χ1v) is 10.3. The number of aromatic hydroxyl groups is 1. The molecule has 160 valence electrons. The van der Waals surface area contributed by atoms with E-state index in [1.807, 2.05) is 0 Å². The fourth-order valence-corrected chi connectivity index (χ4v) is 4.51. The number of thiophene rings is 1. The molecule has 4 rings (SSSR count). The van der Waals surface area contributed by atoms with Gasteiger partial charge in [0.1, 0.15) is 15.5 Å². The van der Waals surface area contributed by atoms with Crippen LogP contribution < -0.4 is 0 Å². The van der Waals surface area contributed by atoms with Crippen molar-refractivity contribution in [2.24, 2.45) is 0 Å². The lowest BCUT2D eigenvalue weighted by atomic mass is 10.0. The first-order valence-electron chi connectivity index (χ1n) is 9.50. The number of aromatic nitrogens is 1. The number of carboxylic acid groups (broad SMARTS) is 2. The van der Waals surface area contributed by atoms with E-state index in [0.717, 1.165) is 11.3 Å². The van der Waals surface area contributed by atoms with Crippen molar-refractivity contribution in [3.8, 4) is 16.9 Å². The molecule has 0 saturated carbocycles. The molecule has 0 spiro atoms. The van der Waals surface area contributed by atoms with E-state index in [1.165, 1.54) is 19.2 Å². The Morgan fingerprint density at radius 2 is 1.69 bits per heavy atom. The molecule has 2 aromatic heterocycles. The quantitative estimate of drug-likeness (QED) is 0.243. The number of hydrogen-bond donors (Lipinski definition) is 4. The number of nitrogens with one attached hydrogen (secondary N) is 1. The van der Waals surface area contributed by atoms with Crippen LogP contribution in [0.15, 0.2) is 60.3 Å². The Morgan fingerprint density at radius 1 is 0.969 bits per heavy atom. The highest BCUT2D eigenvalue weighted by molar-refractivity contribution is 7.17. The summed E-state index contributed by atoms with van der Waals surface area (Å²) < 4.78 is 0. The number of fused-ring (bicyclic) bond motifs is 1. The molecule has 0 atom stereocenters. The molecule has 4 aromatic rings. The topological polar surface area (TPSA) is 128 Å². The van der Waals surface area contributed by atoms with Crippen molar-refractivity contribution in [3.05, 3.63) is 81.2 Å². The van der Waals surface area contributed by atoms with Gasteiger partial charge in [0, 0.05) is 28.3 Å². The maximum Gasteiger partial charge on any atom is 0.346 e. The van der Waals surface area contributed by atoms with Crippen molar-refractivity contribution in [1.82, 2.24) is 4.98 Å². The summed E-state index contributed by atoms with van der Waals surface area (Å²) in [4.78, 5) is 39.1. The molecule has 2 heterocycles. The number of aliphatic carboxylic acids is 1. The summed E-state index contributed by atoms with van der Waals surface area (Å²) in [6.07, 6.45) is 2.97. The van der Waals surface area contributed by atoms with Crippen LogP contribution in [-0.2, 0) is 4.79 Å². The van der Waals surface area contributed by atoms with Crippen LogP contribution in [0.2, 0.25) is 0 Å². The molecule has 0 aliphatic carbocycles.